The molecule has 1 amide bonds. The number of carbonyl (C=O) groups excluding carboxylic acids is 1. The number of piperidine rings is 1. The van der Waals surface area contributed by atoms with Crippen molar-refractivity contribution in [3.63, 3.8) is 0 Å². The maximum Gasteiger partial charge on any atom is 0.490 e. The zero-order chi connectivity index (χ0) is 35.6. The second kappa shape index (κ2) is 17.3. The summed E-state index contributed by atoms with van der Waals surface area (Å²) in [6.07, 6.45) is 6.38. The molecule has 49 heavy (non-hydrogen) atoms. The number of carboxylic acids is 1. The number of aryl methyl sites for hydroxylation is 1. The molecule has 2 fully saturated rings. The van der Waals surface area contributed by atoms with E-state index in [0.29, 0.717) is 23.5 Å². The second-order valence-electron chi connectivity index (χ2n) is 13.8. The predicted octanol–water partition coefficient (Wildman–Crippen LogP) is 9.36. The van der Waals surface area contributed by atoms with Crippen LogP contribution in [0.15, 0.2) is 36.4 Å². The molecule has 1 aromatic heterocycles. The monoisotopic (exact) mass is 709 g/mol. The van der Waals surface area contributed by atoms with Crippen molar-refractivity contribution in [1.29, 1.82) is 0 Å². The van der Waals surface area contributed by atoms with E-state index in [-0.39, 0.29) is 6.09 Å². The smallest absolute Gasteiger partial charge is 0.490 e. The number of alkyl halides is 3. The Morgan fingerprint density at radius 3 is 2.22 bits per heavy atom. The summed E-state index contributed by atoms with van der Waals surface area (Å²) in [5.41, 5.74) is 2.64. The molecule has 1 saturated heterocycles. The third kappa shape index (κ3) is 12.3. The maximum absolute atomic E-state index is 12.4. The van der Waals surface area contributed by atoms with E-state index in [9.17, 15) is 18.0 Å². The van der Waals surface area contributed by atoms with E-state index < -0.39 is 17.7 Å². The molecule has 0 spiro atoms. The number of halogens is 4. The Morgan fingerprint density at radius 2 is 1.61 bits per heavy atom. The highest BCUT2D eigenvalue weighted by atomic mass is 35.5. The van der Waals surface area contributed by atoms with Crippen LogP contribution in [0.3, 0.4) is 0 Å². The van der Waals surface area contributed by atoms with Gasteiger partial charge in [-0.2, -0.15) is 13.2 Å². The lowest BCUT2D eigenvalue weighted by atomic mass is 9.90. The second-order valence-corrected chi connectivity index (χ2v) is 14.2. The number of nitrogens with one attached hydrogen (secondary N) is 1. The fourth-order valence-electron chi connectivity index (χ4n) is 6.12. The molecule has 1 saturated carbocycles. The minimum Gasteiger partial charge on any atom is -0.491 e. The summed E-state index contributed by atoms with van der Waals surface area (Å²) >= 11 is 6.01. The van der Waals surface area contributed by atoms with Crippen LogP contribution >= 0.6 is 11.6 Å². The van der Waals surface area contributed by atoms with Gasteiger partial charge in [0.15, 0.2) is 0 Å². The Kier molecular flexibility index (Phi) is 13.5. The Hall–Kier alpha value is -3.67. The Morgan fingerprint density at radius 1 is 0.959 bits per heavy atom. The third-order valence-corrected chi connectivity index (χ3v) is 8.94. The fourth-order valence-corrected chi connectivity index (χ4v) is 6.24. The quantitative estimate of drug-likeness (QED) is 0.216. The lowest BCUT2D eigenvalue weighted by Gasteiger charge is -2.33. The van der Waals surface area contributed by atoms with Gasteiger partial charge in [0.1, 0.15) is 35.0 Å². The molecule has 0 atom stereocenters. The molecular weight excluding hydrogens is 663 g/mol. The van der Waals surface area contributed by atoms with Gasteiger partial charge in [0.25, 0.3) is 0 Å². The minimum absolute atomic E-state index is 0.189. The van der Waals surface area contributed by atoms with Crippen molar-refractivity contribution < 1.29 is 42.1 Å². The van der Waals surface area contributed by atoms with Gasteiger partial charge in [0, 0.05) is 18.1 Å². The third-order valence-electron chi connectivity index (χ3n) is 8.68. The van der Waals surface area contributed by atoms with E-state index in [1.54, 1.807) is 0 Å². The Labute approximate surface area is 290 Å². The molecular formula is C36H47ClF3N3O6. The average Bonchev–Trinajstić information content (AvgIpc) is 3.47. The molecule has 0 unspecified atom stereocenters. The van der Waals surface area contributed by atoms with Crippen molar-refractivity contribution in [3.05, 3.63) is 52.8 Å². The number of imidazole rings is 1. The normalized spacial score (nSPS) is 16.2. The number of amides is 1. The van der Waals surface area contributed by atoms with Crippen molar-refractivity contribution in [2.45, 2.75) is 103 Å². The molecule has 0 bridgehead atoms. The van der Waals surface area contributed by atoms with Gasteiger partial charge in [-0.25, -0.2) is 14.6 Å². The van der Waals surface area contributed by atoms with Crippen molar-refractivity contribution in [3.8, 4) is 11.5 Å². The van der Waals surface area contributed by atoms with Crippen LogP contribution in [-0.2, 0) is 22.6 Å². The number of carboxylic acid groups (broad SMARTS) is 1. The predicted molar refractivity (Wildman–Crippen MR) is 181 cm³/mol. The number of ether oxygens (including phenoxy) is 3. The highest BCUT2D eigenvalue weighted by Crippen LogP contribution is 2.33. The first kappa shape index (κ1) is 38.1. The maximum atomic E-state index is 12.4. The van der Waals surface area contributed by atoms with E-state index in [2.05, 4.69) is 17.1 Å². The molecule has 2 aromatic carbocycles. The standard InChI is InChI=1S/C34H46ClN3O4.C2HF3O2/c1-34(2,3)42-33(39)38-20-18-24(19-21-38)10-7-11-26-12-17-29-31(32(26)41-22-25-8-5-4-6-9-25)37-30(36-29)23-40-28-15-13-27(35)14-16-28;3-2(4,5)1(6)7/h12-17,24-25H,4-11,18-23H2,1-3H3,(H,36,37);(H,6,7). The van der Waals surface area contributed by atoms with Crippen LogP contribution in [0.1, 0.15) is 89.9 Å². The molecule has 2 N–H and O–H groups in total. The highest BCUT2D eigenvalue weighted by molar-refractivity contribution is 6.30. The Balaban J connectivity index is 0.000000698. The van der Waals surface area contributed by atoms with E-state index in [0.717, 1.165) is 80.2 Å². The minimum atomic E-state index is -5.08. The summed E-state index contributed by atoms with van der Waals surface area (Å²) in [5.74, 6) is 0.937. The molecule has 13 heteroatoms. The molecule has 0 radical (unpaired) electrons. The van der Waals surface area contributed by atoms with Gasteiger partial charge >= 0.3 is 18.2 Å². The SMILES string of the molecule is CC(C)(C)OC(=O)N1CCC(CCCc2ccc3[nH]c(COc4ccc(Cl)cc4)nc3c2OCC2CCCCC2)CC1.O=C(O)C(F)(F)F. The number of H-pyrrole nitrogens is 1. The fraction of sp³-hybridized carbons (Fsp3) is 0.583. The van der Waals surface area contributed by atoms with Crippen LogP contribution in [0.25, 0.3) is 11.0 Å². The Bertz CT molecular complexity index is 1510. The summed E-state index contributed by atoms with van der Waals surface area (Å²) in [7, 11) is 0. The molecule has 5 rings (SSSR count). The van der Waals surface area contributed by atoms with Crippen LogP contribution in [0.5, 0.6) is 11.5 Å². The number of benzene rings is 2. The van der Waals surface area contributed by atoms with E-state index in [1.807, 2.05) is 49.9 Å². The molecule has 2 aliphatic rings. The number of rotatable bonds is 10. The molecule has 1 aliphatic carbocycles. The first-order valence-electron chi connectivity index (χ1n) is 17.0. The van der Waals surface area contributed by atoms with Crippen molar-refractivity contribution in [2.75, 3.05) is 19.7 Å². The number of aromatic amines is 1. The number of aliphatic carboxylic acids is 1. The number of hydrogen-bond donors (Lipinski definition) is 2. The lowest BCUT2D eigenvalue weighted by molar-refractivity contribution is -0.192. The highest BCUT2D eigenvalue weighted by Gasteiger charge is 2.38. The number of likely N-dealkylation sites (tertiary alicyclic amines) is 1. The first-order chi connectivity index (χ1) is 23.2. The molecule has 1 aliphatic heterocycles. The van der Waals surface area contributed by atoms with Crippen LogP contribution < -0.4 is 9.47 Å². The zero-order valence-electron chi connectivity index (χ0n) is 28.4. The lowest BCUT2D eigenvalue weighted by Crippen LogP contribution is -2.41. The van der Waals surface area contributed by atoms with Gasteiger partial charge in [0.2, 0.25) is 0 Å². The molecule has 2 heterocycles. The van der Waals surface area contributed by atoms with Gasteiger partial charge in [-0.3, -0.25) is 0 Å². The summed E-state index contributed by atoms with van der Waals surface area (Å²) in [5, 5.41) is 7.81. The number of nitrogens with zero attached hydrogens (tertiary/aromatic N) is 2. The van der Waals surface area contributed by atoms with Gasteiger partial charge in [0.05, 0.1) is 12.1 Å². The van der Waals surface area contributed by atoms with Crippen molar-refractivity contribution >= 4 is 34.7 Å². The van der Waals surface area contributed by atoms with Gasteiger partial charge in [-0.1, -0.05) is 36.9 Å². The molecule has 9 nitrogen and oxygen atoms in total. The summed E-state index contributed by atoms with van der Waals surface area (Å²) < 4.78 is 49.9. The van der Waals surface area contributed by atoms with Crippen LogP contribution in [-0.4, -0.2) is 63.5 Å². The number of fused-ring (bicyclic) bond motifs is 1. The van der Waals surface area contributed by atoms with Crippen molar-refractivity contribution in [2.24, 2.45) is 11.8 Å². The van der Waals surface area contributed by atoms with Crippen molar-refractivity contribution in [1.82, 2.24) is 14.9 Å². The van der Waals surface area contributed by atoms with E-state index in [1.165, 1.54) is 37.7 Å². The van der Waals surface area contributed by atoms with E-state index >= 15 is 0 Å². The summed E-state index contributed by atoms with van der Waals surface area (Å²) in [4.78, 5) is 31.6. The first-order valence-corrected chi connectivity index (χ1v) is 17.4. The largest absolute Gasteiger partial charge is 0.491 e. The summed E-state index contributed by atoms with van der Waals surface area (Å²) in [6.45, 7) is 8.39. The number of aromatic nitrogens is 2. The van der Waals surface area contributed by atoms with Crippen LogP contribution in [0.4, 0.5) is 18.0 Å². The number of carbonyl (C=O) groups is 2. The van der Waals surface area contributed by atoms with Crippen LogP contribution in [0.2, 0.25) is 5.02 Å². The molecule has 3 aromatic rings. The van der Waals surface area contributed by atoms with E-state index in [4.69, 9.17) is 40.7 Å². The topological polar surface area (TPSA) is 114 Å². The van der Waals surface area contributed by atoms with Gasteiger partial charge in [-0.05, 0) is 113 Å². The van der Waals surface area contributed by atoms with Gasteiger partial charge < -0.3 is 29.2 Å². The zero-order valence-corrected chi connectivity index (χ0v) is 29.2. The summed E-state index contributed by atoms with van der Waals surface area (Å²) in [6, 6.07) is 11.7. The molecule has 270 valence electrons. The number of hydrogen-bond acceptors (Lipinski definition) is 6. The average molecular weight is 710 g/mol. The van der Waals surface area contributed by atoms with Crippen LogP contribution in [0, 0.1) is 11.8 Å². The van der Waals surface area contributed by atoms with Gasteiger partial charge in [-0.15, -0.1) is 0 Å².